The second-order valence-electron chi connectivity index (χ2n) is 6.24. The van der Waals surface area contributed by atoms with Gasteiger partial charge in [0.1, 0.15) is 0 Å². The molecule has 3 heteroatoms. The van der Waals surface area contributed by atoms with E-state index in [1.165, 1.54) is 36.3 Å². The molecule has 0 atom stereocenters. The van der Waals surface area contributed by atoms with E-state index in [0.717, 1.165) is 0 Å². The topological polar surface area (TPSA) is 26.0 Å². The van der Waals surface area contributed by atoms with Gasteiger partial charge in [0.05, 0.1) is 16.1 Å². The second-order valence-corrected chi connectivity index (χ2v) is 18.2. The molecule has 0 saturated heterocycles. The van der Waals surface area contributed by atoms with Crippen molar-refractivity contribution in [3.63, 3.8) is 0 Å². The summed E-state index contributed by atoms with van der Waals surface area (Å²) in [5.41, 5.74) is 5.90. The van der Waals surface area contributed by atoms with Gasteiger partial charge < -0.3 is 5.73 Å². The van der Waals surface area contributed by atoms with Gasteiger partial charge in [-0.1, -0.05) is 90.8 Å². The van der Waals surface area contributed by atoms with Gasteiger partial charge in [-0.25, -0.2) is 0 Å². The molecule has 0 bridgehead atoms. The molecule has 0 heterocycles. The van der Waals surface area contributed by atoms with Crippen molar-refractivity contribution in [1.82, 2.24) is 0 Å². The van der Waals surface area contributed by atoms with Gasteiger partial charge >= 0.3 is 0 Å². The van der Waals surface area contributed by atoms with Crippen LogP contribution in [0.5, 0.6) is 0 Å². The maximum Gasteiger partial charge on any atom is 0.0601 e. The fraction of sp³-hybridized carbons (Fsp3) is 0.875. The van der Waals surface area contributed by atoms with Crippen LogP contribution in [0.15, 0.2) is 12.3 Å². The van der Waals surface area contributed by atoms with E-state index in [2.05, 4.69) is 54.5 Å². The Bertz CT molecular complexity index is 242. The molecular weight excluding hydrogens is 262 g/mol. The Morgan fingerprint density at radius 2 is 1.00 bits per heavy atom. The van der Waals surface area contributed by atoms with Crippen LogP contribution in [0.1, 0.15) is 48.5 Å². The lowest BCUT2D eigenvalue weighted by Gasteiger charge is -2.55. The van der Waals surface area contributed by atoms with E-state index in [4.69, 9.17) is 5.73 Å². The zero-order chi connectivity index (χ0) is 15.2. The summed E-state index contributed by atoms with van der Waals surface area (Å²) >= 11 is 0. The molecule has 19 heavy (non-hydrogen) atoms. The van der Waals surface area contributed by atoms with Gasteiger partial charge in [0, 0.05) is 0 Å². The van der Waals surface area contributed by atoms with Crippen LogP contribution >= 0.6 is 0 Å². The molecule has 114 valence electrons. The van der Waals surface area contributed by atoms with Gasteiger partial charge in [-0.15, -0.1) is 0 Å². The Morgan fingerprint density at radius 3 is 1.16 bits per heavy atom. The number of hydrogen-bond acceptors (Lipinski definition) is 1. The van der Waals surface area contributed by atoms with Crippen LogP contribution in [0.4, 0.5) is 0 Å². The van der Waals surface area contributed by atoms with Gasteiger partial charge in [-0.3, -0.25) is 0 Å². The molecule has 0 rings (SSSR count). The number of nitrogens with two attached hydrogens (primary N) is 1. The SMILES string of the molecule is CC[Si](CC)(CC)C(C)(C=CN)[Si](CC)(CC)CC. The molecule has 0 aliphatic rings. The highest BCUT2D eigenvalue weighted by Crippen LogP contribution is 2.56. The molecule has 0 aromatic heterocycles. The predicted molar refractivity (Wildman–Crippen MR) is 96.1 cm³/mol. The summed E-state index contributed by atoms with van der Waals surface area (Å²) in [6.45, 7) is 17.2. The first kappa shape index (κ1) is 19.0. The van der Waals surface area contributed by atoms with Crippen LogP contribution in [-0.2, 0) is 0 Å². The monoisotopic (exact) mass is 299 g/mol. The van der Waals surface area contributed by atoms with Crippen molar-refractivity contribution < 1.29 is 0 Å². The van der Waals surface area contributed by atoms with Crippen molar-refractivity contribution in [3.8, 4) is 0 Å². The fourth-order valence-electron chi connectivity index (χ4n) is 4.81. The van der Waals surface area contributed by atoms with Gasteiger partial charge in [0.2, 0.25) is 0 Å². The summed E-state index contributed by atoms with van der Waals surface area (Å²) in [7, 11) is -2.59. The van der Waals surface area contributed by atoms with E-state index in [1.54, 1.807) is 0 Å². The molecule has 0 spiro atoms. The maximum atomic E-state index is 5.90. The third kappa shape index (κ3) is 2.87. The van der Waals surface area contributed by atoms with E-state index in [1.807, 2.05) is 6.20 Å². The summed E-state index contributed by atoms with van der Waals surface area (Å²) in [5, 5.41) is 0. The van der Waals surface area contributed by atoms with Gasteiger partial charge in [-0.05, 0) is 10.9 Å². The molecule has 0 radical (unpaired) electrons. The van der Waals surface area contributed by atoms with Crippen molar-refractivity contribution in [2.45, 2.75) is 89.4 Å². The van der Waals surface area contributed by atoms with Gasteiger partial charge in [0.25, 0.3) is 0 Å². The van der Waals surface area contributed by atoms with Gasteiger partial charge in [0.15, 0.2) is 0 Å². The van der Waals surface area contributed by atoms with Crippen molar-refractivity contribution >= 4 is 16.1 Å². The quantitative estimate of drug-likeness (QED) is 0.537. The van der Waals surface area contributed by atoms with E-state index in [-0.39, 0.29) is 0 Å². The largest absolute Gasteiger partial charge is 0.405 e. The Morgan fingerprint density at radius 1 is 0.737 bits per heavy atom. The zero-order valence-corrected chi connectivity index (χ0v) is 16.5. The summed E-state index contributed by atoms with van der Waals surface area (Å²) < 4.78 is 0.450. The molecule has 0 unspecified atom stereocenters. The molecule has 1 nitrogen and oxygen atoms in total. The molecule has 0 amide bonds. The zero-order valence-electron chi connectivity index (χ0n) is 14.5. The molecule has 0 aromatic carbocycles. The van der Waals surface area contributed by atoms with Gasteiger partial charge in [-0.2, -0.15) is 0 Å². The minimum atomic E-state index is -1.30. The molecule has 0 fully saturated rings. The van der Waals surface area contributed by atoms with Crippen LogP contribution in [-0.4, -0.2) is 16.1 Å². The minimum Gasteiger partial charge on any atom is -0.405 e. The van der Waals surface area contributed by atoms with Crippen molar-refractivity contribution in [2.75, 3.05) is 0 Å². The van der Waals surface area contributed by atoms with E-state index < -0.39 is 16.1 Å². The van der Waals surface area contributed by atoms with Crippen LogP contribution in [0.2, 0.25) is 40.9 Å². The Hall–Kier alpha value is -0.0262. The highest BCUT2D eigenvalue weighted by Gasteiger charge is 2.55. The Balaban J connectivity index is 6.09. The lowest BCUT2D eigenvalue weighted by Crippen LogP contribution is -2.59. The normalized spacial score (nSPS) is 14.3. The van der Waals surface area contributed by atoms with E-state index in [9.17, 15) is 0 Å². The predicted octanol–water partition coefficient (Wildman–Crippen LogP) is 5.78. The summed E-state index contributed by atoms with van der Waals surface area (Å²) in [6, 6.07) is 8.39. The fourth-order valence-corrected chi connectivity index (χ4v) is 20.8. The number of hydrogen-bond donors (Lipinski definition) is 1. The summed E-state index contributed by atoms with van der Waals surface area (Å²) in [4.78, 5) is 0. The van der Waals surface area contributed by atoms with Crippen LogP contribution in [0.25, 0.3) is 0 Å². The lowest BCUT2D eigenvalue weighted by molar-refractivity contribution is 0.857. The van der Waals surface area contributed by atoms with Crippen molar-refractivity contribution in [3.05, 3.63) is 12.3 Å². The average Bonchev–Trinajstić information content (AvgIpc) is 2.44. The molecule has 0 aliphatic carbocycles. The Kier molecular flexibility index (Phi) is 7.67. The number of allylic oxidation sites excluding steroid dienone is 1. The molecule has 0 aromatic rings. The third-order valence-electron chi connectivity index (χ3n) is 6.69. The first-order valence-corrected chi connectivity index (χ1v) is 13.6. The Labute approximate surface area is 124 Å². The van der Waals surface area contributed by atoms with Crippen LogP contribution in [0, 0.1) is 0 Å². The average molecular weight is 300 g/mol. The van der Waals surface area contributed by atoms with Crippen molar-refractivity contribution in [1.29, 1.82) is 0 Å². The maximum absolute atomic E-state index is 5.90. The van der Waals surface area contributed by atoms with Crippen LogP contribution in [0.3, 0.4) is 0 Å². The van der Waals surface area contributed by atoms with Crippen LogP contribution < -0.4 is 5.73 Å². The molecular formula is C16H37NSi2. The summed E-state index contributed by atoms with van der Waals surface area (Å²) in [5.74, 6) is 0. The molecule has 0 saturated carbocycles. The highest BCUT2D eigenvalue weighted by molar-refractivity contribution is 7.02. The smallest absolute Gasteiger partial charge is 0.0601 e. The summed E-state index contributed by atoms with van der Waals surface area (Å²) in [6.07, 6.45) is 4.31. The first-order chi connectivity index (χ1) is 8.92. The van der Waals surface area contributed by atoms with Crippen molar-refractivity contribution in [2.24, 2.45) is 5.73 Å². The standard InChI is InChI=1S/C16H37NSi2/c1-8-18(9-2,10-3)16(7,14-15-17)19(11-4,12-5)13-6/h14-15H,8-13,17H2,1-7H3. The molecule has 2 N–H and O–H groups in total. The highest BCUT2D eigenvalue weighted by atomic mass is 28.4. The third-order valence-corrected chi connectivity index (χ3v) is 22.7. The second kappa shape index (κ2) is 7.68. The first-order valence-electron chi connectivity index (χ1n) is 8.32. The number of rotatable bonds is 9. The van der Waals surface area contributed by atoms with E-state index >= 15 is 0 Å². The lowest BCUT2D eigenvalue weighted by atomic mass is 10.4. The minimum absolute atomic E-state index is 0.450. The van der Waals surface area contributed by atoms with E-state index in [0.29, 0.717) is 4.66 Å². The molecule has 0 aliphatic heterocycles.